The molecule has 0 bridgehead atoms. The molecule has 1 fully saturated rings. The van der Waals surface area contributed by atoms with Crippen LogP contribution in [0.1, 0.15) is 19.8 Å². The molecule has 0 saturated carbocycles. The number of alkyl halides is 1. The molecule has 0 aliphatic carbocycles. The molecule has 4 heteroatoms. The Balaban J connectivity index is 2.16. The summed E-state index contributed by atoms with van der Waals surface area (Å²) < 4.78 is 0. The molecule has 2 unspecified atom stereocenters. The van der Waals surface area contributed by atoms with Crippen LogP contribution in [0.3, 0.4) is 0 Å². The topological polar surface area (TPSA) is 29.1 Å². The SMILES string of the molecule is CCC(Cl)CNC(=O)C1CCSC1. The summed E-state index contributed by atoms with van der Waals surface area (Å²) in [6.07, 6.45) is 1.93. The zero-order valence-electron chi connectivity index (χ0n) is 7.88. The normalized spacial score (nSPS) is 24.3. The van der Waals surface area contributed by atoms with E-state index in [9.17, 15) is 4.79 Å². The van der Waals surface area contributed by atoms with Crippen molar-refractivity contribution in [2.24, 2.45) is 5.92 Å². The molecule has 13 heavy (non-hydrogen) atoms. The Labute approximate surface area is 88.8 Å². The lowest BCUT2D eigenvalue weighted by atomic mass is 10.1. The first-order chi connectivity index (χ1) is 6.24. The minimum atomic E-state index is 0.0815. The van der Waals surface area contributed by atoms with E-state index in [1.807, 2.05) is 18.7 Å². The standard InChI is InChI=1S/C9H16ClNOS/c1-2-8(10)5-11-9(12)7-3-4-13-6-7/h7-8H,2-6H2,1H3,(H,11,12). The van der Waals surface area contributed by atoms with Gasteiger partial charge in [0.1, 0.15) is 0 Å². The van der Waals surface area contributed by atoms with Crippen molar-refractivity contribution >= 4 is 29.3 Å². The van der Waals surface area contributed by atoms with E-state index in [0.717, 1.165) is 24.3 Å². The predicted octanol–water partition coefficient (Wildman–Crippen LogP) is 1.87. The largest absolute Gasteiger partial charge is 0.354 e. The zero-order chi connectivity index (χ0) is 9.68. The molecule has 0 spiro atoms. The Kier molecular flexibility index (Phi) is 4.96. The summed E-state index contributed by atoms with van der Waals surface area (Å²) in [5, 5.41) is 2.97. The quantitative estimate of drug-likeness (QED) is 0.735. The Morgan fingerprint density at radius 3 is 3.08 bits per heavy atom. The molecule has 0 radical (unpaired) electrons. The van der Waals surface area contributed by atoms with Crippen LogP contribution >= 0.6 is 23.4 Å². The second-order valence-corrected chi connectivity index (χ2v) is 5.08. The lowest BCUT2D eigenvalue weighted by Gasteiger charge is -2.11. The van der Waals surface area contributed by atoms with Gasteiger partial charge in [0.15, 0.2) is 0 Å². The number of carbonyl (C=O) groups is 1. The molecule has 1 amide bonds. The van der Waals surface area contributed by atoms with E-state index in [4.69, 9.17) is 11.6 Å². The Bertz CT molecular complexity index is 171. The van der Waals surface area contributed by atoms with E-state index in [2.05, 4.69) is 5.32 Å². The number of amides is 1. The minimum absolute atomic E-state index is 0.0815. The Morgan fingerprint density at radius 1 is 1.77 bits per heavy atom. The summed E-state index contributed by atoms with van der Waals surface area (Å²) in [7, 11) is 0. The first-order valence-corrected chi connectivity index (χ1v) is 6.32. The van der Waals surface area contributed by atoms with Crippen LogP contribution in [0.15, 0.2) is 0 Å². The summed E-state index contributed by atoms with van der Waals surface area (Å²) in [5.74, 6) is 2.51. The van der Waals surface area contributed by atoms with Gasteiger partial charge in [-0.05, 0) is 18.6 Å². The molecular formula is C9H16ClNOS. The first-order valence-electron chi connectivity index (χ1n) is 4.73. The van der Waals surface area contributed by atoms with E-state index in [1.54, 1.807) is 0 Å². The molecule has 76 valence electrons. The van der Waals surface area contributed by atoms with Crippen molar-refractivity contribution in [1.29, 1.82) is 0 Å². The van der Waals surface area contributed by atoms with Crippen molar-refractivity contribution in [3.63, 3.8) is 0 Å². The smallest absolute Gasteiger partial charge is 0.224 e. The zero-order valence-corrected chi connectivity index (χ0v) is 9.46. The van der Waals surface area contributed by atoms with Crippen LogP contribution in [0.4, 0.5) is 0 Å². The third kappa shape index (κ3) is 3.77. The number of halogens is 1. The second-order valence-electron chi connectivity index (χ2n) is 3.31. The van der Waals surface area contributed by atoms with Crippen LogP contribution in [-0.2, 0) is 4.79 Å². The Hall–Kier alpha value is 0.110. The fourth-order valence-corrected chi connectivity index (χ4v) is 2.54. The number of hydrogen-bond donors (Lipinski definition) is 1. The van der Waals surface area contributed by atoms with Crippen molar-refractivity contribution in [2.75, 3.05) is 18.1 Å². The van der Waals surface area contributed by atoms with E-state index >= 15 is 0 Å². The Morgan fingerprint density at radius 2 is 2.54 bits per heavy atom. The van der Waals surface area contributed by atoms with Gasteiger partial charge in [-0.1, -0.05) is 6.92 Å². The first kappa shape index (κ1) is 11.2. The second kappa shape index (κ2) is 5.76. The summed E-state index contributed by atoms with van der Waals surface area (Å²) in [5.41, 5.74) is 0. The van der Waals surface area contributed by atoms with Gasteiger partial charge in [0.05, 0.1) is 5.38 Å². The summed E-state index contributed by atoms with van der Waals surface area (Å²) in [6, 6.07) is 0. The molecule has 1 heterocycles. The van der Waals surface area contributed by atoms with Crippen LogP contribution in [0.2, 0.25) is 0 Å². The summed E-state index contributed by atoms with van der Waals surface area (Å²) in [4.78, 5) is 11.5. The predicted molar refractivity (Wildman–Crippen MR) is 58.4 cm³/mol. The van der Waals surface area contributed by atoms with E-state index < -0.39 is 0 Å². The lowest BCUT2D eigenvalue weighted by molar-refractivity contribution is -0.124. The fraction of sp³-hybridized carbons (Fsp3) is 0.889. The van der Waals surface area contributed by atoms with Gasteiger partial charge in [-0.25, -0.2) is 0 Å². The van der Waals surface area contributed by atoms with Crippen molar-refractivity contribution in [3.05, 3.63) is 0 Å². The maximum Gasteiger partial charge on any atom is 0.224 e. The number of rotatable bonds is 4. The van der Waals surface area contributed by atoms with Gasteiger partial charge >= 0.3 is 0 Å². The number of nitrogens with one attached hydrogen (secondary N) is 1. The van der Waals surface area contributed by atoms with E-state index in [1.165, 1.54) is 0 Å². The van der Waals surface area contributed by atoms with Gasteiger partial charge < -0.3 is 5.32 Å². The molecule has 1 aliphatic rings. The number of carbonyl (C=O) groups excluding carboxylic acids is 1. The average molecular weight is 222 g/mol. The van der Waals surface area contributed by atoms with Crippen LogP contribution in [-0.4, -0.2) is 29.3 Å². The van der Waals surface area contributed by atoms with Crippen LogP contribution in [0.5, 0.6) is 0 Å². The maximum absolute atomic E-state index is 11.5. The molecule has 1 rings (SSSR count). The lowest BCUT2D eigenvalue weighted by Crippen LogP contribution is -2.34. The molecular weight excluding hydrogens is 206 g/mol. The van der Waals surface area contributed by atoms with Gasteiger partial charge in [-0.15, -0.1) is 11.6 Å². The fourth-order valence-electron chi connectivity index (χ4n) is 1.24. The van der Waals surface area contributed by atoms with Gasteiger partial charge in [-0.2, -0.15) is 11.8 Å². The number of hydrogen-bond acceptors (Lipinski definition) is 2. The van der Waals surface area contributed by atoms with Gasteiger partial charge in [0.25, 0.3) is 0 Å². The molecule has 1 N–H and O–H groups in total. The third-order valence-electron chi connectivity index (χ3n) is 2.24. The monoisotopic (exact) mass is 221 g/mol. The summed E-state index contributed by atoms with van der Waals surface area (Å²) >= 11 is 7.75. The highest BCUT2D eigenvalue weighted by atomic mass is 35.5. The van der Waals surface area contributed by atoms with Crippen LogP contribution in [0, 0.1) is 5.92 Å². The van der Waals surface area contributed by atoms with Crippen molar-refractivity contribution in [1.82, 2.24) is 5.32 Å². The van der Waals surface area contributed by atoms with Gasteiger partial charge in [-0.3, -0.25) is 4.79 Å². The van der Waals surface area contributed by atoms with Gasteiger partial charge in [0, 0.05) is 18.2 Å². The molecule has 1 aliphatic heterocycles. The molecule has 0 aromatic rings. The highest BCUT2D eigenvalue weighted by molar-refractivity contribution is 7.99. The highest BCUT2D eigenvalue weighted by Crippen LogP contribution is 2.23. The molecule has 1 saturated heterocycles. The minimum Gasteiger partial charge on any atom is -0.354 e. The number of thioether (sulfide) groups is 1. The third-order valence-corrected chi connectivity index (χ3v) is 3.87. The van der Waals surface area contributed by atoms with E-state index in [0.29, 0.717) is 6.54 Å². The van der Waals surface area contributed by atoms with Crippen molar-refractivity contribution < 1.29 is 4.79 Å². The van der Waals surface area contributed by atoms with Crippen molar-refractivity contribution in [3.8, 4) is 0 Å². The van der Waals surface area contributed by atoms with E-state index in [-0.39, 0.29) is 17.2 Å². The van der Waals surface area contributed by atoms with Crippen molar-refractivity contribution in [2.45, 2.75) is 25.1 Å². The van der Waals surface area contributed by atoms with Crippen LogP contribution < -0.4 is 5.32 Å². The molecule has 2 atom stereocenters. The molecule has 0 aromatic heterocycles. The molecule has 0 aromatic carbocycles. The van der Waals surface area contributed by atoms with Gasteiger partial charge in [0.2, 0.25) is 5.91 Å². The molecule has 2 nitrogen and oxygen atoms in total. The average Bonchev–Trinajstić information content (AvgIpc) is 2.66. The highest BCUT2D eigenvalue weighted by Gasteiger charge is 2.22. The van der Waals surface area contributed by atoms with Crippen LogP contribution in [0.25, 0.3) is 0 Å². The maximum atomic E-state index is 11.5. The summed E-state index contributed by atoms with van der Waals surface area (Å²) in [6.45, 7) is 2.63.